The predicted octanol–water partition coefficient (Wildman–Crippen LogP) is 18.6. The van der Waals surface area contributed by atoms with Crippen molar-refractivity contribution in [1.29, 1.82) is 5.26 Å². The van der Waals surface area contributed by atoms with Gasteiger partial charge in [-0.1, -0.05) is 158 Å². The Balaban J connectivity index is 1.27. The smallest absolute Gasteiger partial charge is 0.220 e. The van der Waals surface area contributed by atoms with Crippen LogP contribution in [0.25, 0.3) is 144 Å². The number of aryl methyl sites for hydroxylation is 1. The number of nitrogens with zero attached hydrogens (tertiary/aromatic N) is 4. The molecule has 10 aromatic carbocycles. The molecule has 5 aromatic heterocycles. The second-order valence-corrected chi connectivity index (χ2v) is 20.2. The molecule has 0 aliphatic rings. The van der Waals surface area contributed by atoms with Gasteiger partial charge < -0.3 is 13.6 Å². The van der Waals surface area contributed by atoms with Crippen LogP contribution in [-0.4, -0.2) is 9.13 Å². The van der Waals surface area contributed by atoms with Crippen LogP contribution in [0.15, 0.2) is 192 Å². The SMILES string of the molecule is [C-]#[N+]c1c(-c2ccccc2)c(C#N)c(-n2c3ccccc3c3ccc4c(sc5cccc(C)c54)c32)c(-c2ccccc2)c1-n1c2c(ccc3c4ccccc4oc32)c2ccc3c4ccccc4sc3c21. The van der Waals surface area contributed by atoms with Gasteiger partial charge >= 0.3 is 0 Å². The van der Waals surface area contributed by atoms with E-state index in [0.717, 1.165) is 103 Å². The molecule has 7 heteroatoms. The van der Waals surface area contributed by atoms with Gasteiger partial charge in [0, 0.05) is 74.4 Å². The lowest BCUT2D eigenvalue weighted by Crippen LogP contribution is -2.09. The monoisotopic (exact) mass is 926 g/mol. The number of fused-ring (bicyclic) bond motifs is 18. The molecule has 0 saturated carbocycles. The van der Waals surface area contributed by atoms with Gasteiger partial charge in [0.15, 0.2) is 5.58 Å². The summed E-state index contributed by atoms with van der Waals surface area (Å²) in [5.41, 5.74) is 11.9. The zero-order chi connectivity index (χ0) is 46.4. The molecule has 0 amide bonds. The third-order valence-corrected chi connectivity index (χ3v) is 16.9. The molecular weight excluding hydrogens is 893 g/mol. The lowest BCUT2D eigenvalue weighted by Gasteiger charge is -2.26. The van der Waals surface area contributed by atoms with E-state index in [-0.39, 0.29) is 0 Å². The Kier molecular flexibility index (Phi) is 8.10. The zero-order valence-electron chi connectivity index (χ0n) is 37.4. The highest BCUT2D eigenvalue weighted by Gasteiger charge is 2.34. The predicted molar refractivity (Wildman–Crippen MR) is 295 cm³/mol. The highest BCUT2D eigenvalue weighted by atomic mass is 32.1. The number of furan rings is 1. The maximum atomic E-state index is 12.1. The molecule has 0 N–H and O–H groups in total. The van der Waals surface area contributed by atoms with Crippen molar-refractivity contribution in [2.24, 2.45) is 0 Å². The highest BCUT2D eigenvalue weighted by molar-refractivity contribution is 7.27. The number of hydrogen-bond donors (Lipinski definition) is 0. The summed E-state index contributed by atoms with van der Waals surface area (Å²) in [7, 11) is 0. The van der Waals surface area contributed by atoms with E-state index in [4.69, 9.17) is 4.42 Å². The van der Waals surface area contributed by atoms with Crippen LogP contribution in [0.1, 0.15) is 11.1 Å². The lowest BCUT2D eigenvalue weighted by molar-refractivity contribution is 0.671. The molecule has 0 bridgehead atoms. The van der Waals surface area contributed by atoms with E-state index in [1.54, 1.807) is 22.7 Å². The van der Waals surface area contributed by atoms with E-state index >= 15 is 0 Å². The molecule has 0 atom stereocenters. The van der Waals surface area contributed by atoms with Gasteiger partial charge in [-0.3, -0.25) is 0 Å². The molecule has 0 aliphatic carbocycles. The second-order valence-electron chi connectivity index (χ2n) is 18.1. The third-order valence-electron chi connectivity index (χ3n) is 14.5. The van der Waals surface area contributed by atoms with Gasteiger partial charge in [-0.2, -0.15) is 5.26 Å². The Labute approximate surface area is 407 Å². The lowest BCUT2D eigenvalue weighted by atomic mass is 9.88. The standard InChI is InChI=1S/C63H34N4OS2/c1-35-16-15-27-51-52(35)46-33-30-41-38-21-9-12-24-48(38)66(58(41)63(46)70-51)56-47(34-64)53(36-17-5-3-6-18-36)55(65-2)60(54(56)37-19-7-4-8-20-37)67-57-42(28-31-44-39-22-10-13-25-49(39)68-61(44)57)43-29-32-45-40-23-11-14-26-50(40)69-62(45)59(43)67/h3-33H,1H3. The molecule has 15 aromatic rings. The summed E-state index contributed by atoms with van der Waals surface area (Å²) in [6.07, 6.45) is 0. The number of nitriles is 1. The normalized spacial score (nSPS) is 12.0. The number of rotatable bonds is 4. The number of aromatic nitrogens is 2. The first-order valence-electron chi connectivity index (χ1n) is 23.3. The summed E-state index contributed by atoms with van der Waals surface area (Å²) in [6.45, 7) is 11.7. The van der Waals surface area contributed by atoms with E-state index < -0.39 is 0 Å². The zero-order valence-corrected chi connectivity index (χ0v) is 39.0. The Hall–Kier alpha value is -8.98. The van der Waals surface area contributed by atoms with Crippen molar-refractivity contribution >= 4 is 134 Å². The van der Waals surface area contributed by atoms with Crippen LogP contribution in [0, 0.1) is 24.8 Å². The highest BCUT2D eigenvalue weighted by Crippen LogP contribution is 2.55. The van der Waals surface area contributed by atoms with Crippen molar-refractivity contribution in [1.82, 2.24) is 9.13 Å². The Bertz CT molecular complexity index is 4730. The van der Waals surface area contributed by atoms with Crippen LogP contribution in [0.4, 0.5) is 5.69 Å². The number of thiophene rings is 2. The summed E-state index contributed by atoms with van der Waals surface area (Å²) in [5.74, 6) is 0. The summed E-state index contributed by atoms with van der Waals surface area (Å²) in [6, 6.07) is 68.7. The van der Waals surface area contributed by atoms with E-state index in [2.05, 4.69) is 166 Å². The number of hydrogen-bond acceptors (Lipinski definition) is 4. The first-order chi connectivity index (χ1) is 34.6. The molecule has 0 unspecified atom stereocenters. The van der Waals surface area contributed by atoms with Crippen molar-refractivity contribution in [3.63, 3.8) is 0 Å². The summed E-state index contributed by atoms with van der Waals surface area (Å²) >= 11 is 3.57. The van der Waals surface area contributed by atoms with Crippen molar-refractivity contribution in [3.05, 3.63) is 211 Å². The largest absolute Gasteiger partial charge is 0.454 e. The molecule has 0 fully saturated rings. The van der Waals surface area contributed by atoms with Gasteiger partial charge in [0.05, 0.1) is 55.0 Å². The molecular formula is C63H34N4OS2. The molecule has 70 heavy (non-hydrogen) atoms. The summed E-state index contributed by atoms with van der Waals surface area (Å²) in [4.78, 5) is 4.64. The quantitative estimate of drug-likeness (QED) is 0.165. The first-order valence-corrected chi connectivity index (χ1v) is 24.9. The van der Waals surface area contributed by atoms with Crippen LogP contribution in [0.3, 0.4) is 0 Å². The Morgan fingerprint density at radius 2 is 1.06 bits per heavy atom. The fourth-order valence-corrected chi connectivity index (χ4v) is 14.2. The van der Waals surface area contributed by atoms with Gasteiger partial charge in [0.2, 0.25) is 5.69 Å². The minimum Gasteiger partial charge on any atom is -0.454 e. The summed E-state index contributed by atoms with van der Waals surface area (Å²) < 4.78 is 16.4. The van der Waals surface area contributed by atoms with Gasteiger partial charge in [0.25, 0.3) is 0 Å². The maximum absolute atomic E-state index is 12.1. The van der Waals surface area contributed by atoms with E-state index in [1.807, 2.05) is 48.5 Å². The van der Waals surface area contributed by atoms with Crippen LogP contribution in [-0.2, 0) is 0 Å². The molecule has 15 rings (SSSR count). The number of benzene rings is 10. The Morgan fingerprint density at radius 1 is 0.486 bits per heavy atom. The first kappa shape index (κ1) is 39.1. The molecule has 5 nitrogen and oxygen atoms in total. The maximum Gasteiger partial charge on any atom is 0.220 e. The third kappa shape index (κ3) is 5.12. The van der Waals surface area contributed by atoms with Gasteiger partial charge in [-0.25, -0.2) is 4.85 Å². The molecule has 5 heterocycles. The average Bonchev–Trinajstić information content (AvgIpc) is 4.23. The average molecular weight is 927 g/mol. The van der Waals surface area contributed by atoms with Crippen LogP contribution < -0.4 is 0 Å². The van der Waals surface area contributed by atoms with Gasteiger partial charge in [0.1, 0.15) is 11.7 Å². The second kappa shape index (κ2) is 14.5. The fourth-order valence-electron chi connectivity index (χ4n) is 11.6. The molecule has 0 radical (unpaired) electrons. The van der Waals surface area contributed by atoms with E-state index in [0.29, 0.717) is 22.5 Å². The number of para-hydroxylation sites is 2. The van der Waals surface area contributed by atoms with E-state index in [9.17, 15) is 11.8 Å². The van der Waals surface area contributed by atoms with Gasteiger partial charge in [-0.05, 0) is 53.9 Å². The van der Waals surface area contributed by atoms with Crippen molar-refractivity contribution in [2.75, 3.05) is 0 Å². The van der Waals surface area contributed by atoms with Crippen molar-refractivity contribution in [2.45, 2.75) is 6.92 Å². The molecule has 0 saturated heterocycles. The topological polar surface area (TPSA) is 51.1 Å². The van der Waals surface area contributed by atoms with Gasteiger partial charge in [-0.15, -0.1) is 22.7 Å². The summed E-state index contributed by atoms with van der Waals surface area (Å²) in [5, 5.41) is 23.1. The van der Waals surface area contributed by atoms with Crippen molar-refractivity contribution < 1.29 is 4.42 Å². The van der Waals surface area contributed by atoms with Crippen LogP contribution >= 0.6 is 22.7 Å². The van der Waals surface area contributed by atoms with E-state index in [1.165, 1.54) is 31.1 Å². The van der Waals surface area contributed by atoms with Crippen LogP contribution in [0.2, 0.25) is 0 Å². The minimum atomic E-state index is 0.388. The van der Waals surface area contributed by atoms with Crippen molar-refractivity contribution in [3.8, 4) is 39.7 Å². The van der Waals surface area contributed by atoms with Crippen LogP contribution in [0.5, 0.6) is 0 Å². The minimum absolute atomic E-state index is 0.388. The molecule has 0 aliphatic heterocycles. The fraction of sp³-hybridized carbons (Fsp3) is 0.0159. The Morgan fingerprint density at radius 3 is 1.83 bits per heavy atom. The molecule has 324 valence electrons. The molecule has 0 spiro atoms.